The average molecular weight is 462 g/mol. The minimum Gasteiger partial charge on any atom is -0.398 e. The summed E-state index contributed by atoms with van der Waals surface area (Å²) in [5.74, 6) is -0.688. The van der Waals surface area contributed by atoms with Crippen molar-refractivity contribution in [2.45, 2.75) is 17.8 Å². The molecule has 0 aliphatic carbocycles. The molecule has 10 N–H and O–H groups in total. The van der Waals surface area contributed by atoms with Crippen LogP contribution in [0.15, 0.2) is 36.9 Å². The fourth-order valence-electron chi connectivity index (χ4n) is 3.44. The fraction of sp³-hybridized carbons (Fsp3) is 0.294. The Bertz CT molecular complexity index is 1280. The van der Waals surface area contributed by atoms with Crippen molar-refractivity contribution >= 4 is 38.8 Å². The van der Waals surface area contributed by atoms with E-state index >= 15 is 0 Å². The van der Waals surface area contributed by atoms with Crippen LogP contribution in [0.2, 0.25) is 0 Å². The molecule has 1 aromatic carbocycles. The summed E-state index contributed by atoms with van der Waals surface area (Å²) >= 11 is 0. The summed E-state index contributed by atoms with van der Waals surface area (Å²) in [5.41, 5.74) is 24.0. The summed E-state index contributed by atoms with van der Waals surface area (Å²) in [5, 5.41) is 0. The number of benzene rings is 1. The maximum atomic E-state index is 12.3. The van der Waals surface area contributed by atoms with E-state index < -0.39 is 33.9 Å². The van der Waals surface area contributed by atoms with Crippen molar-refractivity contribution in [3.63, 3.8) is 0 Å². The van der Waals surface area contributed by atoms with Crippen molar-refractivity contribution in [2.24, 2.45) is 11.5 Å². The van der Waals surface area contributed by atoms with E-state index in [0.29, 0.717) is 11.2 Å². The first-order valence-electron chi connectivity index (χ1n) is 9.38. The number of imidazole rings is 1. The Labute approximate surface area is 182 Å². The van der Waals surface area contributed by atoms with Crippen LogP contribution in [-0.4, -0.2) is 59.1 Å². The number of anilines is 2. The molecule has 1 amide bonds. The summed E-state index contributed by atoms with van der Waals surface area (Å²) in [6, 6.07) is 5.24. The van der Waals surface area contributed by atoms with Gasteiger partial charge in [0.05, 0.1) is 30.6 Å². The van der Waals surface area contributed by atoms with Crippen LogP contribution in [0, 0.1) is 0 Å². The molecular weight excluding hydrogens is 440 g/mol. The van der Waals surface area contributed by atoms with Crippen LogP contribution in [0.3, 0.4) is 0 Å². The molecule has 32 heavy (non-hydrogen) atoms. The van der Waals surface area contributed by atoms with Crippen molar-refractivity contribution in [3.05, 3.63) is 42.5 Å². The Morgan fingerprint density at radius 3 is 2.75 bits per heavy atom. The number of nitrogens with two attached hydrogens (primary N) is 4. The number of hydrogen-bond donors (Lipinski definition) is 6. The summed E-state index contributed by atoms with van der Waals surface area (Å²) in [4.78, 5) is 24.4. The van der Waals surface area contributed by atoms with Crippen LogP contribution in [0.4, 0.5) is 11.5 Å². The van der Waals surface area contributed by atoms with Crippen molar-refractivity contribution < 1.29 is 17.9 Å². The number of nitrogen functional groups attached to an aromatic ring is 2. The third-order valence-electron chi connectivity index (χ3n) is 5.22. The Balaban J connectivity index is 1.45. The zero-order valence-electron chi connectivity index (χ0n) is 16.7. The van der Waals surface area contributed by atoms with Crippen LogP contribution >= 0.6 is 0 Å². The molecule has 1 aliphatic rings. The Kier molecular flexibility index (Phi) is 5.43. The van der Waals surface area contributed by atoms with Crippen molar-refractivity contribution in [2.75, 3.05) is 24.6 Å². The highest BCUT2D eigenvalue weighted by atomic mass is 32.2. The molecule has 14 nitrogen and oxygen atoms in total. The number of fused-ring (bicyclic) bond motifs is 1. The summed E-state index contributed by atoms with van der Waals surface area (Å²) in [6.07, 6.45) is 1.90. The molecule has 2 aromatic heterocycles. The van der Waals surface area contributed by atoms with Gasteiger partial charge in [-0.25, -0.2) is 19.7 Å². The Morgan fingerprint density at radius 1 is 1.25 bits per heavy atom. The van der Waals surface area contributed by atoms with Crippen molar-refractivity contribution in [3.8, 4) is 0 Å². The summed E-state index contributed by atoms with van der Waals surface area (Å²) in [6.45, 7) is -0.278. The van der Waals surface area contributed by atoms with E-state index in [-0.39, 0.29) is 30.2 Å². The molecule has 0 spiro atoms. The molecule has 4 rings (SSSR count). The van der Waals surface area contributed by atoms with Gasteiger partial charge in [0, 0.05) is 12.2 Å². The minimum absolute atomic E-state index is 0.0286. The number of ether oxygens (including phenoxy) is 1. The average Bonchev–Trinajstić information content (AvgIpc) is 3.30. The summed E-state index contributed by atoms with van der Waals surface area (Å²) < 4.78 is 36.0. The molecule has 0 bridgehead atoms. The number of carbonyl (C=O) groups is 1. The SMILES string of the molecule is Nc1ccccc1C(=O)NS(=O)(=O)NC[C@H]1OC[C@](N)(n2cnc3c(N)ncnc32)[C@@H]1N. The van der Waals surface area contributed by atoms with Crippen molar-refractivity contribution in [1.82, 2.24) is 29.0 Å². The van der Waals surface area contributed by atoms with E-state index in [1.807, 2.05) is 4.72 Å². The van der Waals surface area contributed by atoms with Gasteiger partial charge in [-0.15, -0.1) is 0 Å². The lowest BCUT2D eigenvalue weighted by Gasteiger charge is -2.30. The molecule has 0 saturated carbocycles. The molecule has 170 valence electrons. The lowest BCUT2D eigenvalue weighted by molar-refractivity contribution is 0.0963. The van der Waals surface area contributed by atoms with Gasteiger partial charge in [0.1, 0.15) is 17.5 Å². The van der Waals surface area contributed by atoms with Gasteiger partial charge in [0.2, 0.25) is 0 Å². The van der Waals surface area contributed by atoms with Gasteiger partial charge in [-0.05, 0) is 12.1 Å². The van der Waals surface area contributed by atoms with Gasteiger partial charge >= 0.3 is 10.2 Å². The molecule has 3 aromatic rings. The second-order valence-corrected chi connectivity index (χ2v) is 8.78. The van der Waals surface area contributed by atoms with E-state index in [1.165, 1.54) is 29.4 Å². The zero-order valence-corrected chi connectivity index (χ0v) is 17.5. The largest absolute Gasteiger partial charge is 0.398 e. The molecule has 1 fully saturated rings. The second-order valence-electron chi connectivity index (χ2n) is 7.28. The third-order valence-corrected chi connectivity index (χ3v) is 6.22. The molecule has 1 saturated heterocycles. The number of aromatic nitrogens is 4. The quantitative estimate of drug-likeness (QED) is 0.211. The van der Waals surface area contributed by atoms with Gasteiger partial charge in [0.25, 0.3) is 5.91 Å². The highest BCUT2D eigenvalue weighted by Crippen LogP contribution is 2.29. The van der Waals surface area contributed by atoms with Gasteiger partial charge < -0.3 is 27.7 Å². The van der Waals surface area contributed by atoms with Crippen LogP contribution in [0.25, 0.3) is 11.2 Å². The minimum atomic E-state index is -4.23. The number of nitrogens with zero attached hydrogens (tertiary/aromatic N) is 4. The number of rotatable bonds is 6. The molecule has 1 aliphatic heterocycles. The Morgan fingerprint density at radius 2 is 2.00 bits per heavy atom. The monoisotopic (exact) mass is 462 g/mol. The number of amides is 1. The van der Waals surface area contributed by atoms with E-state index in [0.717, 1.165) is 0 Å². The predicted molar refractivity (Wildman–Crippen MR) is 115 cm³/mol. The first kappa shape index (κ1) is 21.8. The fourth-order valence-corrected chi connectivity index (χ4v) is 4.25. The highest BCUT2D eigenvalue weighted by molar-refractivity contribution is 7.88. The van der Waals surface area contributed by atoms with E-state index in [2.05, 4.69) is 19.7 Å². The number of carbonyl (C=O) groups excluding carboxylic acids is 1. The highest BCUT2D eigenvalue weighted by Gasteiger charge is 2.47. The maximum Gasteiger partial charge on any atom is 0.301 e. The van der Waals surface area contributed by atoms with Gasteiger partial charge in [-0.2, -0.15) is 13.1 Å². The molecule has 3 heterocycles. The van der Waals surface area contributed by atoms with Gasteiger partial charge in [-0.1, -0.05) is 12.1 Å². The summed E-state index contributed by atoms with van der Waals surface area (Å²) in [7, 11) is -4.23. The normalized spacial score (nSPS) is 23.4. The standard InChI is InChI=1S/C17H22N10O4S/c18-10-4-2-1-3-9(10)16(28)26-32(29,30)25-5-11-13(19)17(21,6-31-11)27-8-24-12-14(20)22-7-23-15(12)27/h1-4,7-8,11,13,25H,5-6,18-19,21H2,(H,26,28)(H2,20,22,23)/t11-,13-,17+/m1/s1. The first-order chi connectivity index (χ1) is 15.1. The van der Waals surface area contributed by atoms with Gasteiger partial charge in [-0.3, -0.25) is 9.36 Å². The lowest BCUT2D eigenvalue weighted by Crippen LogP contribution is -2.59. The molecule has 15 heteroatoms. The number of para-hydroxylation sites is 1. The van der Waals surface area contributed by atoms with E-state index in [4.69, 9.17) is 27.7 Å². The third kappa shape index (κ3) is 3.82. The number of nitrogens with one attached hydrogen (secondary N) is 2. The van der Waals surface area contributed by atoms with E-state index in [9.17, 15) is 13.2 Å². The van der Waals surface area contributed by atoms with Crippen LogP contribution in [0.5, 0.6) is 0 Å². The Hall–Kier alpha value is -3.37. The maximum absolute atomic E-state index is 12.3. The molecule has 0 unspecified atom stereocenters. The molecule has 3 atom stereocenters. The second kappa shape index (κ2) is 7.95. The van der Waals surface area contributed by atoms with Crippen LogP contribution in [0.1, 0.15) is 10.4 Å². The lowest BCUT2D eigenvalue weighted by atomic mass is 10.0. The van der Waals surface area contributed by atoms with E-state index in [1.54, 1.807) is 12.1 Å². The topological polar surface area (TPSA) is 232 Å². The zero-order chi connectivity index (χ0) is 23.1. The first-order valence-corrected chi connectivity index (χ1v) is 10.9. The molecular formula is C17H22N10O4S. The van der Waals surface area contributed by atoms with Crippen LogP contribution < -0.4 is 32.4 Å². The van der Waals surface area contributed by atoms with Crippen molar-refractivity contribution in [1.29, 1.82) is 0 Å². The van der Waals surface area contributed by atoms with Crippen LogP contribution in [-0.2, 0) is 20.6 Å². The van der Waals surface area contributed by atoms with Gasteiger partial charge in [0.15, 0.2) is 11.5 Å². The smallest absolute Gasteiger partial charge is 0.301 e. The predicted octanol–water partition coefficient (Wildman–Crippen LogP) is -2.41. The number of hydrogen-bond acceptors (Lipinski definition) is 11. The molecule has 0 radical (unpaired) electrons.